The molecule has 284 valence electrons. The van der Waals surface area contributed by atoms with Gasteiger partial charge >= 0.3 is 0 Å². The molecule has 50 heavy (non-hydrogen) atoms. The second-order valence-electron chi connectivity index (χ2n) is 12.2. The highest BCUT2D eigenvalue weighted by Crippen LogP contribution is 2.11. The van der Waals surface area contributed by atoms with Gasteiger partial charge in [0.05, 0.1) is 12.6 Å². The predicted molar refractivity (Wildman–Crippen MR) is 210 cm³/mol. The predicted octanol–water partition coefficient (Wildman–Crippen LogP) is 5.01. The summed E-state index contributed by atoms with van der Waals surface area (Å²) in [7, 11) is 0. The van der Waals surface area contributed by atoms with E-state index in [1.54, 1.807) is 6.92 Å². The van der Waals surface area contributed by atoms with Crippen LogP contribution in [0.4, 0.5) is 0 Å². The molecule has 2 amide bonds. The van der Waals surface area contributed by atoms with Gasteiger partial charge < -0.3 is 38.3 Å². The molecule has 2 aromatic carbocycles. The number of unbranched alkanes of at least 4 members (excludes halogenated alkanes) is 1. The Morgan fingerprint density at radius 3 is 1.90 bits per heavy atom. The van der Waals surface area contributed by atoms with Gasteiger partial charge in [-0.25, -0.2) is 0 Å². The third-order valence-corrected chi connectivity index (χ3v) is 6.31. The first-order valence-corrected chi connectivity index (χ1v) is 17.6. The Hall–Kier alpha value is -4.22. The number of aliphatic imine (C=N–C) groups is 1. The zero-order valence-electron chi connectivity index (χ0n) is 32.0. The van der Waals surface area contributed by atoms with Crippen molar-refractivity contribution in [1.82, 2.24) is 10.6 Å². The Labute approximate surface area is 303 Å². The third-order valence-electron chi connectivity index (χ3n) is 6.31. The molecule has 10 N–H and O–H groups in total. The second kappa shape index (κ2) is 36.1. The van der Waals surface area contributed by atoms with E-state index in [2.05, 4.69) is 81.6 Å². The van der Waals surface area contributed by atoms with Gasteiger partial charge in [-0.05, 0) is 57.4 Å². The summed E-state index contributed by atoms with van der Waals surface area (Å²) in [6, 6.07) is 19.7. The highest BCUT2D eigenvalue weighted by Gasteiger charge is 2.19. The van der Waals surface area contributed by atoms with Crippen molar-refractivity contribution in [2.45, 2.75) is 93.0 Å². The smallest absolute Gasteiger partial charge is 0.234 e. The van der Waals surface area contributed by atoms with E-state index >= 15 is 0 Å². The van der Waals surface area contributed by atoms with Crippen LogP contribution < -0.4 is 33.6 Å². The Balaban J connectivity index is -0.000000804. The van der Waals surface area contributed by atoms with Gasteiger partial charge in [0, 0.05) is 37.9 Å². The van der Waals surface area contributed by atoms with Gasteiger partial charge in [0.25, 0.3) is 0 Å². The van der Waals surface area contributed by atoms with Gasteiger partial charge in [-0.1, -0.05) is 114 Å². The molecule has 0 heterocycles. The maximum absolute atomic E-state index is 11.9. The molecule has 0 saturated heterocycles. The number of primary amides is 1. The van der Waals surface area contributed by atoms with Crippen molar-refractivity contribution >= 4 is 24.1 Å². The van der Waals surface area contributed by atoms with Crippen LogP contribution in [0.15, 0.2) is 77.9 Å². The molecule has 0 spiro atoms. The number of hydrogen-bond acceptors (Lipinski definition) is 7. The summed E-state index contributed by atoms with van der Waals surface area (Å²) in [6.07, 6.45) is 5.78. The lowest BCUT2D eigenvalue weighted by Crippen LogP contribution is -2.44. The number of Topliss-reactive ketones (excluding diaryl/α,β-unsaturated/α-hetero) is 1. The molecule has 0 bridgehead atoms. The number of guanidine groups is 1. The number of hydrogen-bond donors (Lipinski definition) is 6. The summed E-state index contributed by atoms with van der Waals surface area (Å²) in [5.41, 5.74) is 23.2. The molecule has 11 nitrogen and oxygen atoms in total. The fraction of sp³-hybridized carbons (Fsp3) is 0.538. The molecule has 0 aliphatic rings. The van der Waals surface area contributed by atoms with Crippen LogP contribution in [-0.4, -0.2) is 62.9 Å². The first-order chi connectivity index (χ1) is 23.8. The minimum Gasteiger partial charge on any atom is -0.386 e. The average molecular weight is 700 g/mol. The standard InChI is InChI=1S/C20H32N6O2.C7H16O.C7H8.C4H10.CH3NO/c1-14(25-13-17(15(2)27)9-6-10-24-20(22)23)18(26-19(28)12-21)11-16-7-4-3-5-8-16;1-3-5-7-8-6-4-2;1-7-5-3-2-4-6-7;1-4(2)3;2-1-3/h3-5,7-8,17-18,25H,1,6,9-13,21H2,2H3,(H,26,28)(H4,22,23,24);3-7H2,1-2H3;2-6H,1H3;4H,1-3H3;1H,(H2,2,3). The minimum absolute atomic E-state index is 0.0466. The van der Waals surface area contributed by atoms with E-state index in [0.29, 0.717) is 38.0 Å². The number of ketones is 1. The number of amides is 2. The molecule has 0 saturated carbocycles. The molecule has 0 radical (unpaired) electrons. The Morgan fingerprint density at radius 2 is 1.48 bits per heavy atom. The number of ether oxygens (including phenoxy) is 1. The van der Waals surface area contributed by atoms with Crippen molar-refractivity contribution in [1.29, 1.82) is 0 Å². The topological polar surface area (TPSA) is 201 Å². The molecule has 11 heteroatoms. The molecule has 0 aliphatic heterocycles. The quantitative estimate of drug-likeness (QED) is 0.0540. The molecule has 2 rings (SSSR count). The van der Waals surface area contributed by atoms with Crippen LogP contribution in [0, 0.1) is 18.8 Å². The van der Waals surface area contributed by atoms with Crippen molar-refractivity contribution in [3.63, 3.8) is 0 Å². The normalized spacial score (nSPS) is 10.7. The summed E-state index contributed by atoms with van der Waals surface area (Å²) in [5.74, 6) is 0.513. The number of nitrogens with one attached hydrogen (secondary N) is 2. The summed E-state index contributed by atoms with van der Waals surface area (Å²) < 4.78 is 5.22. The summed E-state index contributed by atoms with van der Waals surface area (Å²) in [5, 5.41) is 6.08. The van der Waals surface area contributed by atoms with Crippen LogP contribution in [0.25, 0.3) is 0 Å². The van der Waals surface area contributed by atoms with Crippen LogP contribution >= 0.6 is 0 Å². The lowest BCUT2D eigenvalue weighted by molar-refractivity contribution is -0.121. The number of nitrogens with zero attached hydrogens (tertiary/aromatic N) is 1. The fourth-order valence-electron chi connectivity index (χ4n) is 3.76. The second-order valence-corrected chi connectivity index (χ2v) is 12.2. The molecule has 0 aromatic heterocycles. The van der Waals surface area contributed by atoms with E-state index in [-0.39, 0.29) is 42.6 Å². The lowest BCUT2D eigenvalue weighted by Gasteiger charge is -2.24. The van der Waals surface area contributed by atoms with Crippen LogP contribution in [0.3, 0.4) is 0 Å². The number of carbonyl (C=O) groups excluding carboxylic acids is 3. The number of rotatable bonds is 18. The Bertz CT molecular complexity index is 1120. The van der Waals surface area contributed by atoms with Gasteiger partial charge in [-0.3, -0.25) is 19.4 Å². The first-order valence-electron chi connectivity index (χ1n) is 17.6. The summed E-state index contributed by atoms with van der Waals surface area (Å²) in [4.78, 5) is 36.2. The van der Waals surface area contributed by atoms with E-state index in [1.165, 1.54) is 18.4 Å². The molecular weight excluding hydrogens is 630 g/mol. The van der Waals surface area contributed by atoms with E-state index in [9.17, 15) is 9.59 Å². The van der Waals surface area contributed by atoms with Gasteiger partial charge in [0.15, 0.2) is 5.96 Å². The fourth-order valence-corrected chi connectivity index (χ4v) is 3.76. The largest absolute Gasteiger partial charge is 0.386 e. The molecular formula is C39H69N7O4. The van der Waals surface area contributed by atoms with Crippen molar-refractivity contribution in [3.05, 3.63) is 84.1 Å². The monoisotopic (exact) mass is 700 g/mol. The van der Waals surface area contributed by atoms with Crippen molar-refractivity contribution in [3.8, 4) is 0 Å². The maximum Gasteiger partial charge on any atom is 0.234 e. The van der Waals surface area contributed by atoms with Crippen molar-refractivity contribution < 1.29 is 19.1 Å². The Morgan fingerprint density at radius 1 is 0.940 bits per heavy atom. The first kappa shape index (κ1) is 50.2. The van der Waals surface area contributed by atoms with Crippen LogP contribution in [0.2, 0.25) is 0 Å². The third kappa shape index (κ3) is 36.6. The number of nitrogens with two attached hydrogens (primary N) is 4. The van der Waals surface area contributed by atoms with Crippen molar-refractivity contribution in [2.24, 2.45) is 39.8 Å². The summed E-state index contributed by atoms with van der Waals surface area (Å²) in [6.45, 7) is 21.2. The molecule has 2 aromatic rings. The SMILES string of the molecule is C=C(NCC(CCCN=C(N)N)C(C)=O)C(Cc1ccccc1)NC(=O)CN.CC(C)C.CCCCOCCC.Cc1ccccc1.NC=O. The van der Waals surface area contributed by atoms with Gasteiger partial charge in [-0.2, -0.15) is 0 Å². The summed E-state index contributed by atoms with van der Waals surface area (Å²) >= 11 is 0. The maximum atomic E-state index is 11.9. The van der Waals surface area contributed by atoms with Gasteiger partial charge in [0.1, 0.15) is 5.78 Å². The molecule has 0 fully saturated rings. The van der Waals surface area contributed by atoms with Gasteiger partial charge in [-0.15, -0.1) is 0 Å². The van der Waals surface area contributed by atoms with E-state index in [0.717, 1.165) is 31.1 Å². The minimum atomic E-state index is -0.326. The van der Waals surface area contributed by atoms with Crippen LogP contribution in [0.1, 0.15) is 84.8 Å². The highest BCUT2D eigenvalue weighted by molar-refractivity contribution is 5.79. The van der Waals surface area contributed by atoms with Crippen LogP contribution in [-0.2, 0) is 25.5 Å². The lowest BCUT2D eigenvalue weighted by atomic mass is 9.98. The number of aryl methyl sites for hydroxylation is 1. The van der Waals surface area contributed by atoms with Gasteiger partial charge in [0.2, 0.25) is 12.3 Å². The van der Waals surface area contributed by atoms with Crippen molar-refractivity contribution in [2.75, 3.05) is 32.8 Å². The number of benzene rings is 2. The van der Waals surface area contributed by atoms with Crippen LogP contribution in [0.5, 0.6) is 0 Å². The molecule has 2 unspecified atom stereocenters. The molecule has 2 atom stereocenters. The molecule has 0 aliphatic carbocycles. The van der Waals surface area contributed by atoms with E-state index < -0.39 is 0 Å². The zero-order chi connectivity index (χ0) is 38.6. The Kier molecular flexibility index (Phi) is 36.2. The van der Waals surface area contributed by atoms with E-state index in [4.69, 9.17) is 26.7 Å². The van der Waals surface area contributed by atoms with E-state index in [1.807, 2.05) is 48.5 Å². The number of carbonyl (C=O) groups is 3. The highest BCUT2D eigenvalue weighted by atomic mass is 16.5. The zero-order valence-corrected chi connectivity index (χ0v) is 32.0. The average Bonchev–Trinajstić information content (AvgIpc) is 3.07.